The molecular weight excluding hydrogens is 276 g/mol. The van der Waals surface area contributed by atoms with E-state index in [1.54, 1.807) is 0 Å². The van der Waals surface area contributed by atoms with Gasteiger partial charge in [0.2, 0.25) is 0 Å². The van der Waals surface area contributed by atoms with E-state index in [0.29, 0.717) is 0 Å². The summed E-state index contributed by atoms with van der Waals surface area (Å²) in [6.45, 7) is 6.86. The van der Waals surface area contributed by atoms with Crippen LogP contribution < -0.4 is 5.32 Å². The Morgan fingerprint density at radius 1 is 1.35 bits per heavy atom. The second-order valence-electron chi connectivity index (χ2n) is 4.74. The van der Waals surface area contributed by atoms with Crippen LogP contribution in [0.2, 0.25) is 0 Å². The Labute approximate surface area is 113 Å². The average Bonchev–Trinajstić information content (AvgIpc) is 2.85. The topological polar surface area (TPSA) is 15.3 Å². The zero-order valence-electron chi connectivity index (χ0n) is 10.5. The van der Waals surface area contributed by atoms with E-state index in [9.17, 15) is 0 Å². The van der Waals surface area contributed by atoms with Crippen molar-refractivity contribution in [3.8, 4) is 0 Å². The van der Waals surface area contributed by atoms with E-state index < -0.39 is 0 Å². The van der Waals surface area contributed by atoms with Crippen LogP contribution in [0.4, 0.5) is 0 Å². The molecular formula is C14H21BrN2. The minimum atomic E-state index is 0.721. The largest absolute Gasteiger partial charge is 0.315 e. The molecule has 1 atom stereocenters. The zero-order chi connectivity index (χ0) is 12.1. The lowest BCUT2D eigenvalue weighted by Gasteiger charge is -2.28. The highest BCUT2D eigenvalue weighted by Gasteiger charge is 2.21. The molecule has 1 fully saturated rings. The lowest BCUT2D eigenvalue weighted by molar-refractivity contribution is 0.199. The van der Waals surface area contributed by atoms with Crippen molar-refractivity contribution in [1.29, 1.82) is 0 Å². The van der Waals surface area contributed by atoms with Gasteiger partial charge in [0, 0.05) is 23.6 Å². The number of benzene rings is 1. The summed E-state index contributed by atoms with van der Waals surface area (Å²) in [5.74, 6) is 0. The predicted molar refractivity (Wildman–Crippen MR) is 76.1 cm³/mol. The standard InChI is InChI=1S/C14H21BrN2/c1-2-9-17(14-7-8-16-10-14)11-12-3-5-13(15)6-4-12/h3-6,14,16H,2,7-11H2,1H3. The molecule has 0 radical (unpaired) electrons. The third-order valence-corrected chi connectivity index (χ3v) is 3.89. The molecule has 1 heterocycles. The molecule has 0 saturated carbocycles. The lowest BCUT2D eigenvalue weighted by atomic mass is 10.1. The molecule has 1 unspecified atom stereocenters. The maximum atomic E-state index is 3.49. The number of nitrogens with zero attached hydrogens (tertiary/aromatic N) is 1. The van der Waals surface area contributed by atoms with Crippen molar-refractivity contribution < 1.29 is 0 Å². The third kappa shape index (κ3) is 3.80. The summed E-state index contributed by atoms with van der Waals surface area (Å²) >= 11 is 3.49. The normalized spacial score (nSPS) is 20.1. The second kappa shape index (κ2) is 6.53. The maximum Gasteiger partial charge on any atom is 0.0237 e. The van der Waals surface area contributed by atoms with Crippen LogP contribution in [0.25, 0.3) is 0 Å². The van der Waals surface area contributed by atoms with Crippen LogP contribution in [-0.2, 0) is 6.54 Å². The van der Waals surface area contributed by atoms with Crippen molar-refractivity contribution in [2.45, 2.75) is 32.4 Å². The van der Waals surface area contributed by atoms with Gasteiger partial charge in [-0.15, -0.1) is 0 Å². The molecule has 0 bridgehead atoms. The molecule has 2 rings (SSSR count). The molecule has 2 nitrogen and oxygen atoms in total. The summed E-state index contributed by atoms with van der Waals surface area (Å²) in [6, 6.07) is 9.42. The highest BCUT2D eigenvalue weighted by Crippen LogP contribution is 2.16. The summed E-state index contributed by atoms with van der Waals surface area (Å²) < 4.78 is 1.16. The van der Waals surface area contributed by atoms with E-state index in [2.05, 4.69) is 57.3 Å². The van der Waals surface area contributed by atoms with Crippen molar-refractivity contribution >= 4 is 15.9 Å². The molecule has 0 aromatic heterocycles. The van der Waals surface area contributed by atoms with Crippen LogP contribution in [0.15, 0.2) is 28.7 Å². The summed E-state index contributed by atoms with van der Waals surface area (Å²) in [5.41, 5.74) is 1.41. The molecule has 94 valence electrons. The van der Waals surface area contributed by atoms with Crippen LogP contribution >= 0.6 is 15.9 Å². The Bertz CT molecular complexity index is 331. The molecule has 1 saturated heterocycles. The van der Waals surface area contributed by atoms with Gasteiger partial charge in [0.25, 0.3) is 0 Å². The Hall–Kier alpha value is -0.380. The van der Waals surface area contributed by atoms with Gasteiger partial charge in [0.1, 0.15) is 0 Å². The van der Waals surface area contributed by atoms with Gasteiger partial charge in [0.15, 0.2) is 0 Å². The van der Waals surface area contributed by atoms with Crippen LogP contribution in [0, 0.1) is 0 Å². The number of rotatable bonds is 5. The minimum Gasteiger partial charge on any atom is -0.315 e. The van der Waals surface area contributed by atoms with Gasteiger partial charge in [-0.05, 0) is 43.6 Å². The van der Waals surface area contributed by atoms with Gasteiger partial charge in [0.05, 0.1) is 0 Å². The highest BCUT2D eigenvalue weighted by atomic mass is 79.9. The van der Waals surface area contributed by atoms with Crippen molar-refractivity contribution in [1.82, 2.24) is 10.2 Å². The fraction of sp³-hybridized carbons (Fsp3) is 0.571. The molecule has 1 aliphatic heterocycles. The molecule has 0 spiro atoms. The van der Waals surface area contributed by atoms with Crippen LogP contribution in [0.5, 0.6) is 0 Å². The Kier molecular flexibility index (Phi) is 5.01. The first-order valence-corrected chi connectivity index (χ1v) is 7.28. The Morgan fingerprint density at radius 2 is 2.12 bits per heavy atom. The highest BCUT2D eigenvalue weighted by molar-refractivity contribution is 9.10. The molecule has 1 N–H and O–H groups in total. The van der Waals surface area contributed by atoms with Gasteiger partial charge in [-0.2, -0.15) is 0 Å². The second-order valence-corrected chi connectivity index (χ2v) is 5.66. The number of nitrogens with one attached hydrogen (secondary N) is 1. The molecule has 1 aliphatic rings. The van der Waals surface area contributed by atoms with Gasteiger partial charge in [-0.1, -0.05) is 35.0 Å². The summed E-state index contributed by atoms with van der Waals surface area (Å²) in [7, 11) is 0. The van der Waals surface area contributed by atoms with Crippen LogP contribution in [-0.4, -0.2) is 30.6 Å². The molecule has 0 amide bonds. The van der Waals surface area contributed by atoms with E-state index in [1.165, 1.54) is 31.5 Å². The number of halogens is 1. The molecule has 17 heavy (non-hydrogen) atoms. The summed E-state index contributed by atoms with van der Waals surface area (Å²) in [4.78, 5) is 2.61. The monoisotopic (exact) mass is 296 g/mol. The van der Waals surface area contributed by atoms with Crippen molar-refractivity contribution in [3.63, 3.8) is 0 Å². The smallest absolute Gasteiger partial charge is 0.0237 e. The maximum absolute atomic E-state index is 3.49. The number of hydrogen-bond donors (Lipinski definition) is 1. The minimum absolute atomic E-state index is 0.721. The molecule has 1 aromatic carbocycles. The first-order valence-electron chi connectivity index (χ1n) is 6.49. The van der Waals surface area contributed by atoms with Crippen LogP contribution in [0.1, 0.15) is 25.3 Å². The molecule has 1 aromatic rings. The molecule has 0 aliphatic carbocycles. The van der Waals surface area contributed by atoms with Crippen LogP contribution in [0.3, 0.4) is 0 Å². The van der Waals surface area contributed by atoms with E-state index in [4.69, 9.17) is 0 Å². The first kappa shape index (κ1) is 13.1. The summed E-state index contributed by atoms with van der Waals surface area (Å²) in [5, 5.41) is 3.46. The molecule has 3 heteroatoms. The summed E-state index contributed by atoms with van der Waals surface area (Å²) in [6.07, 6.45) is 2.52. The van der Waals surface area contributed by atoms with Gasteiger partial charge < -0.3 is 5.32 Å². The SMILES string of the molecule is CCCN(Cc1ccc(Br)cc1)C1CCNC1. The number of hydrogen-bond acceptors (Lipinski definition) is 2. The van der Waals surface area contributed by atoms with E-state index in [1.807, 2.05) is 0 Å². The van der Waals surface area contributed by atoms with E-state index >= 15 is 0 Å². The Morgan fingerprint density at radius 3 is 2.71 bits per heavy atom. The third-order valence-electron chi connectivity index (χ3n) is 3.36. The van der Waals surface area contributed by atoms with Gasteiger partial charge in [-0.3, -0.25) is 4.90 Å². The van der Waals surface area contributed by atoms with E-state index in [0.717, 1.165) is 23.6 Å². The van der Waals surface area contributed by atoms with Crippen molar-refractivity contribution in [2.75, 3.05) is 19.6 Å². The fourth-order valence-electron chi connectivity index (χ4n) is 2.45. The van der Waals surface area contributed by atoms with Gasteiger partial charge in [-0.25, -0.2) is 0 Å². The van der Waals surface area contributed by atoms with Crippen molar-refractivity contribution in [2.24, 2.45) is 0 Å². The lowest BCUT2D eigenvalue weighted by Crippen LogP contribution is -2.36. The Balaban J connectivity index is 1.98. The zero-order valence-corrected chi connectivity index (χ0v) is 12.0. The fourth-order valence-corrected chi connectivity index (χ4v) is 2.72. The quantitative estimate of drug-likeness (QED) is 0.898. The predicted octanol–water partition coefficient (Wildman–Crippen LogP) is 3.02. The van der Waals surface area contributed by atoms with E-state index in [-0.39, 0.29) is 0 Å². The van der Waals surface area contributed by atoms with Gasteiger partial charge >= 0.3 is 0 Å². The van der Waals surface area contributed by atoms with Crippen molar-refractivity contribution in [3.05, 3.63) is 34.3 Å². The average molecular weight is 297 g/mol. The first-order chi connectivity index (χ1) is 8.29.